The Morgan fingerprint density at radius 2 is 2.08 bits per heavy atom. The number of benzene rings is 1. The minimum Gasteiger partial charge on any atom is -0.337 e. The lowest BCUT2D eigenvalue weighted by atomic mass is 9.96. The van der Waals surface area contributed by atoms with Gasteiger partial charge in [-0.2, -0.15) is 5.10 Å². The summed E-state index contributed by atoms with van der Waals surface area (Å²) in [5.41, 5.74) is 1.84. The van der Waals surface area contributed by atoms with E-state index in [0.717, 1.165) is 31.8 Å². The standard InChI is InChI=1S/C19H22N6O/c1-23-17(9-10-21-23)19(26)24-11-5-8-16(13-24)18-22-20-14-25(18)12-15-6-3-2-4-7-15/h2-4,6-7,9-10,14,16H,5,8,11-13H2,1H3. The van der Waals surface area contributed by atoms with Gasteiger partial charge in [-0.1, -0.05) is 30.3 Å². The average molecular weight is 350 g/mol. The van der Waals surface area contributed by atoms with Gasteiger partial charge in [-0.15, -0.1) is 10.2 Å². The number of likely N-dealkylation sites (tertiary alicyclic amines) is 1. The summed E-state index contributed by atoms with van der Waals surface area (Å²) < 4.78 is 3.72. The van der Waals surface area contributed by atoms with Crippen molar-refractivity contribution in [2.75, 3.05) is 13.1 Å². The minimum atomic E-state index is 0.0313. The summed E-state index contributed by atoms with van der Waals surface area (Å²) in [6, 6.07) is 12.1. The van der Waals surface area contributed by atoms with Gasteiger partial charge in [-0.05, 0) is 24.5 Å². The Bertz CT molecular complexity index is 884. The van der Waals surface area contributed by atoms with Crippen molar-refractivity contribution in [2.24, 2.45) is 7.05 Å². The Labute approximate surface area is 152 Å². The van der Waals surface area contributed by atoms with Crippen LogP contribution >= 0.6 is 0 Å². The molecular formula is C19H22N6O. The zero-order chi connectivity index (χ0) is 17.9. The van der Waals surface area contributed by atoms with Crippen molar-refractivity contribution >= 4 is 5.91 Å². The van der Waals surface area contributed by atoms with Crippen LogP contribution in [-0.4, -0.2) is 48.4 Å². The number of carbonyl (C=O) groups excluding carboxylic acids is 1. The maximum Gasteiger partial charge on any atom is 0.272 e. The maximum atomic E-state index is 12.8. The second-order valence-corrected chi connectivity index (χ2v) is 6.73. The molecule has 7 nitrogen and oxygen atoms in total. The highest BCUT2D eigenvalue weighted by Crippen LogP contribution is 2.26. The molecule has 0 N–H and O–H groups in total. The van der Waals surface area contributed by atoms with Gasteiger partial charge in [0.15, 0.2) is 0 Å². The summed E-state index contributed by atoms with van der Waals surface area (Å²) in [5, 5.41) is 12.6. The number of hydrogen-bond donors (Lipinski definition) is 0. The van der Waals surface area contributed by atoms with Gasteiger partial charge in [-0.3, -0.25) is 9.48 Å². The van der Waals surface area contributed by atoms with E-state index < -0.39 is 0 Å². The molecule has 4 rings (SSSR count). The van der Waals surface area contributed by atoms with Crippen molar-refractivity contribution in [1.82, 2.24) is 29.4 Å². The first-order valence-electron chi connectivity index (χ1n) is 8.91. The number of nitrogens with zero attached hydrogens (tertiary/aromatic N) is 6. The summed E-state index contributed by atoms with van der Waals surface area (Å²) in [7, 11) is 1.80. The second kappa shape index (κ2) is 7.11. The van der Waals surface area contributed by atoms with Gasteiger partial charge in [0.2, 0.25) is 0 Å². The number of aromatic nitrogens is 5. The molecule has 1 aliphatic heterocycles. The number of rotatable bonds is 4. The summed E-state index contributed by atoms with van der Waals surface area (Å²) in [5.74, 6) is 1.19. The highest BCUT2D eigenvalue weighted by Gasteiger charge is 2.29. The fourth-order valence-electron chi connectivity index (χ4n) is 3.60. The topological polar surface area (TPSA) is 68.8 Å². The molecule has 3 heterocycles. The van der Waals surface area contributed by atoms with E-state index in [9.17, 15) is 4.79 Å². The molecule has 0 spiro atoms. The molecule has 0 saturated carbocycles. The number of hydrogen-bond acceptors (Lipinski definition) is 4. The van der Waals surface area contributed by atoms with Crippen LogP contribution in [-0.2, 0) is 13.6 Å². The Morgan fingerprint density at radius 1 is 1.23 bits per heavy atom. The molecule has 1 aliphatic rings. The molecule has 3 aromatic rings. The molecule has 1 aromatic carbocycles. The van der Waals surface area contributed by atoms with E-state index in [1.54, 1.807) is 30.3 Å². The second-order valence-electron chi connectivity index (χ2n) is 6.73. The predicted molar refractivity (Wildman–Crippen MR) is 96.7 cm³/mol. The van der Waals surface area contributed by atoms with Crippen LogP contribution < -0.4 is 0 Å². The van der Waals surface area contributed by atoms with Gasteiger partial charge in [-0.25, -0.2) is 0 Å². The van der Waals surface area contributed by atoms with E-state index in [4.69, 9.17) is 0 Å². The molecular weight excluding hydrogens is 328 g/mol. The van der Waals surface area contributed by atoms with E-state index >= 15 is 0 Å². The van der Waals surface area contributed by atoms with Crippen molar-refractivity contribution in [2.45, 2.75) is 25.3 Å². The highest BCUT2D eigenvalue weighted by molar-refractivity contribution is 5.92. The van der Waals surface area contributed by atoms with Gasteiger partial charge in [0.05, 0.1) is 6.54 Å². The van der Waals surface area contributed by atoms with Crippen LogP contribution in [0.25, 0.3) is 0 Å². The third-order valence-corrected chi connectivity index (χ3v) is 4.96. The molecule has 2 aromatic heterocycles. The first kappa shape index (κ1) is 16.5. The number of carbonyl (C=O) groups is 1. The molecule has 0 bridgehead atoms. The van der Waals surface area contributed by atoms with Gasteiger partial charge < -0.3 is 9.47 Å². The summed E-state index contributed by atoms with van der Waals surface area (Å²) in [4.78, 5) is 14.7. The number of piperidine rings is 1. The molecule has 0 aliphatic carbocycles. The van der Waals surface area contributed by atoms with E-state index in [2.05, 4.69) is 32.0 Å². The average Bonchev–Trinajstić information content (AvgIpc) is 3.31. The third kappa shape index (κ3) is 3.24. The van der Waals surface area contributed by atoms with Crippen LogP contribution in [0.15, 0.2) is 48.9 Å². The molecule has 7 heteroatoms. The smallest absolute Gasteiger partial charge is 0.272 e. The number of amides is 1. The lowest BCUT2D eigenvalue weighted by Gasteiger charge is -2.32. The fraction of sp³-hybridized carbons (Fsp3) is 0.368. The predicted octanol–water partition coefficient (Wildman–Crippen LogP) is 2.08. The van der Waals surface area contributed by atoms with Crippen molar-refractivity contribution in [1.29, 1.82) is 0 Å². The quantitative estimate of drug-likeness (QED) is 0.722. The first-order chi connectivity index (χ1) is 12.7. The summed E-state index contributed by atoms with van der Waals surface area (Å²) in [6.07, 6.45) is 5.42. The van der Waals surface area contributed by atoms with Gasteiger partial charge >= 0.3 is 0 Å². The molecule has 1 unspecified atom stereocenters. The van der Waals surface area contributed by atoms with Crippen molar-refractivity contribution < 1.29 is 4.79 Å². The largest absolute Gasteiger partial charge is 0.337 e. The summed E-state index contributed by atoms with van der Waals surface area (Å²) >= 11 is 0. The van der Waals surface area contributed by atoms with Crippen molar-refractivity contribution in [3.05, 3.63) is 66.0 Å². The van der Waals surface area contributed by atoms with E-state index in [0.29, 0.717) is 12.2 Å². The normalized spacial score (nSPS) is 17.4. The van der Waals surface area contributed by atoms with Crippen molar-refractivity contribution in [3.8, 4) is 0 Å². The molecule has 0 radical (unpaired) electrons. The zero-order valence-electron chi connectivity index (χ0n) is 14.8. The Morgan fingerprint density at radius 3 is 2.85 bits per heavy atom. The van der Waals surface area contributed by atoms with Gasteiger partial charge in [0, 0.05) is 32.3 Å². The Kier molecular flexibility index (Phi) is 4.51. The van der Waals surface area contributed by atoms with Crippen molar-refractivity contribution in [3.63, 3.8) is 0 Å². The highest BCUT2D eigenvalue weighted by atomic mass is 16.2. The molecule has 26 heavy (non-hydrogen) atoms. The third-order valence-electron chi connectivity index (χ3n) is 4.96. The first-order valence-corrected chi connectivity index (χ1v) is 8.91. The van der Waals surface area contributed by atoms with Crippen LogP contribution in [0, 0.1) is 0 Å². The molecule has 134 valence electrons. The minimum absolute atomic E-state index is 0.0313. The lowest BCUT2D eigenvalue weighted by Crippen LogP contribution is -2.40. The molecule has 1 atom stereocenters. The van der Waals surface area contributed by atoms with Crippen LogP contribution in [0.3, 0.4) is 0 Å². The fourth-order valence-corrected chi connectivity index (χ4v) is 3.60. The van der Waals surface area contributed by atoms with Gasteiger partial charge in [0.1, 0.15) is 17.8 Å². The zero-order valence-corrected chi connectivity index (χ0v) is 14.8. The maximum absolute atomic E-state index is 12.8. The molecule has 1 amide bonds. The van der Waals surface area contributed by atoms with Crippen LogP contribution in [0.5, 0.6) is 0 Å². The Balaban J connectivity index is 1.51. The van der Waals surface area contributed by atoms with Crippen LogP contribution in [0.2, 0.25) is 0 Å². The molecule has 1 fully saturated rings. The van der Waals surface area contributed by atoms with Gasteiger partial charge in [0.25, 0.3) is 5.91 Å². The molecule has 1 saturated heterocycles. The number of aryl methyl sites for hydroxylation is 1. The lowest BCUT2D eigenvalue weighted by molar-refractivity contribution is 0.0692. The van der Waals surface area contributed by atoms with Crippen LogP contribution in [0.1, 0.15) is 40.6 Å². The Hall–Kier alpha value is -2.96. The SMILES string of the molecule is Cn1nccc1C(=O)N1CCCC(c2nncn2Cc2ccccc2)C1. The summed E-state index contributed by atoms with van der Waals surface area (Å²) in [6.45, 7) is 2.18. The monoisotopic (exact) mass is 350 g/mol. The van der Waals surface area contributed by atoms with Crippen LogP contribution in [0.4, 0.5) is 0 Å². The van der Waals surface area contributed by atoms with E-state index in [-0.39, 0.29) is 11.8 Å². The van der Waals surface area contributed by atoms with E-state index in [1.165, 1.54) is 5.56 Å². The van der Waals surface area contributed by atoms with E-state index in [1.807, 2.05) is 23.1 Å².